The summed E-state index contributed by atoms with van der Waals surface area (Å²) in [6.07, 6.45) is 2.03. The number of nitrogens with zero attached hydrogens (tertiary/aromatic N) is 1. The van der Waals surface area contributed by atoms with Crippen molar-refractivity contribution in [2.75, 3.05) is 6.26 Å². The van der Waals surface area contributed by atoms with E-state index in [-0.39, 0.29) is 30.9 Å². The molecule has 0 aliphatic heterocycles. The van der Waals surface area contributed by atoms with Gasteiger partial charge in [-0.1, -0.05) is 12.1 Å². The van der Waals surface area contributed by atoms with Crippen LogP contribution in [0.25, 0.3) is 0 Å². The summed E-state index contributed by atoms with van der Waals surface area (Å²) >= 11 is 1.59. The lowest BCUT2D eigenvalue weighted by molar-refractivity contribution is -0.384. The first-order valence-electron chi connectivity index (χ1n) is 7.56. The van der Waals surface area contributed by atoms with Crippen LogP contribution in [0.4, 0.5) is 5.69 Å². The molecule has 6 nitrogen and oxygen atoms in total. The van der Waals surface area contributed by atoms with E-state index in [1.165, 1.54) is 24.3 Å². The highest BCUT2D eigenvalue weighted by Crippen LogP contribution is 2.16. The van der Waals surface area contributed by atoms with Gasteiger partial charge in [0.25, 0.3) is 5.69 Å². The highest BCUT2D eigenvalue weighted by molar-refractivity contribution is 7.98. The van der Waals surface area contributed by atoms with Crippen molar-refractivity contribution in [1.82, 2.24) is 0 Å². The van der Waals surface area contributed by atoms with Gasteiger partial charge in [-0.25, -0.2) is 0 Å². The fourth-order valence-corrected chi connectivity index (χ4v) is 2.49. The fourth-order valence-electron chi connectivity index (χ4n) is 2.09. The summed E-state index contributed by atoms with van der Waals surface area (Å²) in [6, 6.07) is 13.0. The molecule has 0 bridgehead atoms. The van der Waals surface area contributed by atoms with Crippen molar-refractivity contribution in [3.05, 3.63) is 69.8 Å². The van der Waals surface area contributed by atoms with Gasteiger partial charge >= 0.3 is 5.97 Å². The number of ketones is 1. The average molecular weight is 359 g/mol. The van der Waals surface area contributed by atoms with Gasteiger partial charge in [0, 0.05) is 29.0 Å². The number of rotatable bonds is 8. The molecule has 0 amide bonds. The molecule has 130 valence electrons. The van der Waals surface area contributed by atoms with Crippen LogP contribution in [0.3, 0.4) is 0 Å². The summed E-state index contributed by atoms with van der Waals surface area (Å²) in [4.78, 5) is 34.9. The number of nitro groups is 1. The molecule has 0 unspecified atom stereocenters. The summed E-state index contributed by atoms with van der Waals surface area (Å²) in [5.74, 6) is -0.590. The van der Waals surface area contributed by atoms with Crippen LogP contribution < -0.4 is 0 Å². The van der Waals surface area contributed by atoms with Crippen LogP contribution in [0.2, 0.25) is 0 Å². The van der Waals surface area contributed by atoms with Gasteiger partial charge in [-0.3, -0.25) is 19.7 Å². The van der Waals surface area contributed by atoms with E-state index in [1.807, 2.05) is 18.4 Å². The first-order valence-corrected chi connectivity index (χ1v) is 8.78. The molecule has 2 aromatic rings. The van der Waals surface area contributed by atoms with Gasteiger partial charge in [0.1, 0.15) is 6.61 Å². The number of esters is 1. The summed E-state index contributed by atoms with van der Waals surface area (Å²) in [6.45, 7) is 0.0213. The molecule has 0 saturated carbocycles. The molecule has 0 N–H and O–H groups in total. The topological polar surface area (TPSA) is 86.5 Å². The van der Waals surface area contributed by atoms with Gasteiger partial charge in [0.2, 0.25) is 0 Å². The number of thioether (sulfide) groups is 1. The molecule has 0 atom stereocenters. The minimum Gasteiger partial charge on any atom is -0.461 e. The van der Waals surface area contributed by atoms with Crippen molar-refractivity contribution in [2.24, 2.45) is 0 Å². The summed E-state index contributed by atoms with van der Waals surface area (Å²) in [5.41, 5.74) is 1.20. The fraction of sp³-hybridized carbons (Fsp3) is 0.222. The number of ether oxygens (including phenoxy) is 1. The highest BCUT2D eigenvalue weighted by atomic mass is 32.2. The first-order chi connectivity index (χ1) is 12.0. The Labute approximate surface area is 149 Å². The van der Waals surface area contributed by atoms with E-state index in [9.17, 15) is 19.7 Å². The highest BCUT2D eigenvalue weighted by Gasteiger charge is 2.11. The van der Waals surface area contributed by atoms with E-state index in [1.54, 1.807) is 23.9 Å². The maximum absolute atomic E-state index is 12.0. The lowest BCUT2D eigenvalue weighted by atomic mass is 10.1. The molecule has 2 rings (SSSR count). The SMILES string of the molecule is CSc1ccc(C(=O)CCC(=O)OCc2ccc([N+](=O)[O-])cc2)cc1. The predicted octanol–water partition coefficient (Wildman–Crippen LogP) is 4.02. The molecular weight excluding hydrogens is 342 g/mol. The lowest BCUT2D eigenvalue weighted by Crippen LogP contribution is -2.08. The molecule has 0 heterocycles. The molecule has 2 aromatic carbocycles. The van der Waals surface area contributed by atoms with E-state index in [4.69, 9.17) is 4.74 Å². The number of carbonyl (C=O) groups excluding carboxylic acids is 2. The molecule has 0 saturated heterocycles. The van der Waals surface area contributed by atoms with Crippen molar-refractivity contribution in [3.63, 3.8) is 0 Å². The number of carbonyl (C=O) groups is 2. The van der Waals surface area contributed by atoms with E-state index < -0.39 is 10.9 Å². The standard InChI is InChI=1S/C18H17NO5S/c1-25-16-8-4-14(5-9-16)17(20)10-11-18(21)24-12-13-2-6-15(7-3-13)19(22)23/h2-9H,10-12H2,1H3. The molecule has 7 heteroatoms. The van der Waals surface area contributed by atoms with Crippen LogP contribution in [0, 0.1) is 10.1 Å². The Kier molecular flexibility index (Phi) is 6.71. The maximum atomic E-state index is 12.0. The predicted molar refractivity (Wildman–Crippen MR) is 94.7 cm³/mol. The zero-order valence-electron chi connectivity index (χ0n) is 13.6. The second kappa shape index (κ2) is 8.98. The van der Waals surface area contributed by atoms with Crippen molar-refractivity contribution in [2.45, 2.75) is 24.3 Å². The van der Waals surface area contributed by atoms with E-state index in [0.717, 1.165) is 4.90 Å². The molecule has 0 aliphatic rings. The largest absolute Gasteiger partial charge is 0.461 e. The first kappa shape index (κ1) is 18.7. The number of benzene rings is 2. The Hall–Kier alpha value is -2.67. The summed E-state index contributed by atoms with van der Waals surface area (Å²) < 4.78 is 5.09. The summed E-state index contributed by atoms with van der Waals surface area (Å²) in [5, 5.41) is 10.6. The molecule has 0 spiro atoms. The molecule has 25 heavy (non-hydrogen) atoms. The zero-order valence-corrected chi connectivity index (χ0v) is 14.5. The third kappa shape index (κ3) is 5.72. The smallest absolute Gasteiger partial charge is 0.306 e. The third-order valence-electron chi connectivity index (χ3n) is 3.52. The van der Waals surface area contributed by atoms with Crippen LogP contribution in [0.5, 0.6) is 0 Å². The van der Waals surface area contributed by atoms with Crippen LogP contribution in [-0.4, -0.2) is 22.9 Å². The number of non-ortho nitro benzene ring substituents is 1. The number of Topliss-reactive ketones (excluding diaryl/α,β-unsaturated/α-hetero) is 1. The number of hydrogen-bond acceptors (Lipinski definition) is 6. The van der Waals surface area contributed by atoms with E-state index >= 15 is 0 Å². The Morgan fingerprint density at radius 1 is 1.04 bits per heavy atom. The lowest BCUT2D eigenvalue weighted by Gasteiger charge is -2.05. The molecule has 0 aromatic heterocycles. The van der Waals surface area contributed by atoms with Gasteiger partial charge in [-0.2, -0.15) is 0 Å². The monoisotopic (exact) mass is 359 g/mol. The van der Waals surface area contributed by atoms with Gasteiger partial charge in [-0.05, 0) is 36.1 Å². The Morgan fingerprint density at radius 2 is 1.68 bits per heavy atom. The Morgan fingerprint density at radius 3 is 2.24 bits per heavy atom. The number of nitro benzene ring substituents is 1. The third-order valence-corrected chi connectivity index (χ3v) is 4.26. The van der Waals surface area contributed by atoms with Crippen molar-refractivity contribution < 1.29 is 19.2 Å². The Bertz CT molecular complexity index is 756. The quantitative estimate of drug-likeness (QED) is 0.233. The van der Waals surface area contributed by atoms with E-state index in [2.05, 4.69) is 0 Å². The van der Waals surface area contributed by atoms with Crippen molar-refractivity contribution in [3.8, 4) is 0 Å². The molecule has 0 aliphatic carbocycles. The van der Waals surface area contributed by atoms with Gasteiger partial charge < -0.3 is 4.74 Å². The minimum absolute atomic E-state index is 0.00388. The van der Waals surface area contributed by atoms with Crippen molar-refractivity contribution in [1.29, 1.82) is 0 Å². The maximum Gasteiger partial charge on any atom is 0.306 e. The van der Waals surface area contributed by atoms with Gasteiger partial charge in [0.15, 0.2) is 5.78 Å². The van der Waals surface area contributed by atoms with Crippen LogP contribution in [-0.2, 0) is 16.1 Å². The van der Waals surface area contributed by atoms with Crippen LogP contribution in [0.15, 0.2) is 53.4 Å². The second-order valence-electron chi connectivity index (χ2n) is 5.24. The van der Waals surface area contributed by atoms with Crippen LogP contribution in [0.1, 0.15) is 28.8 Å². The summed E-state index contributed by atoms with van der Waals surface area (Å²) in [7, 11) is 0. The average Bonchev–Trinajstić information content (AvgIpc) is 2.64. The van der Waals surface area contributed by atoms with E-state index in [0.29, 0.717) is 11.1 Å². The van der Waals surface area contributed by atoms with Gasteiger partial charge in [-0.15, -0.1) is 11.8 Å². The minimum atomic E-state index is -0.493. The molecular formula is C18H17NO5S. The Balaban J connectivity index is 1.77. The molecule has 0 radical (unpaired) electrons. The van der Waals surface area contributed by atoms with Crippen LogP contribution >= 0.6 is 11.8 Å². The number of hydrogen-bond donors (Lipinski definition) is 0. The second-order valence-corrected chi connectivity index (χ2v) is 6.12. The zero-order chi connectivity index (χ0) is 18.2. The normalized spacial score (nSPS) is 10.3. The van der Waals surface area contributed by atoms with Gasteiger partial charge in [0.05, 0.1) is 11.3 Å². The molecule has 0 fully saturated rings. The van der Waals surface area contributed by atoms with Crippen molar-refractivity contribution >= 4 is 29.2 Å².